The number of thiazole rings is 1. The first-order chi connectivity index (χ1) is 10.1. The second-order valence-electron chi connectivity index (χ2n) is 5.24. The Balaban J connectivity index is 1.63. The molecule has 0 bridgehead atoms. The molecule has 0 saturated carbocycles. The maximum Gasteiger partial charge on any atom is 0.315 e. The minimum Gasteiger partial charge on any atom is -0.333 e. The smallest absolute Gasteiger partial charge is 0.315 e. The van der Waals surface area contributed by atoms with Gasteiger partial charge in [0.2, 0.25) is 0 Å². The fourth-order valence-electron chi connectivity index (χ4n) is 2.44. The van der Waals surface area contributed by atoms with Gasteiger partial charge in [0.25, 0.3) is 0 Å². The molecule has 1 aromatic heterocycles. The van der Waals surface area contributed by atoms with Crippen molar-refractivity contribution in [3.8, 4) is 0 Å². The second kappa shape index (κ2) is 6.33. The van der Waals surface area contributed by atoms with Crippen LogP contribution < -0.4 is 5.32 Å². The van der Waals surface area contributed by atoms with Gasteiger partial charge in [-0.15, -0.1) is 11.3 Å². The first-order valence-electron chi connectivity index (χ1n) is 6.98. The van der Waals surface area contributed by atoms with Crippen LogP contribution in [0.5, 0.6) is 0 Å². The lowest BCUT2D eigenvalue weighted by molar-refractivity contribution is -0.142. The Kier molecular flexibility index (Phi) is 4.46. The number of aromatic nitrogens is 1. The summed E-state index contributed by atoms with van der Waals surface area (Å²) in [7, 11) is 2.07. The van der Waals surface area contributed by atoms with Gasteiger partial charge in [0.05, 0.1) is 5.69 Å². The Bertz CT molecular complexity index is 554. The fraction of sp³-hybridized carbons (Fsp3) is 0.615. The van der Waals surface area contributed by atoms with Crippen LogP contribution in [0.4, 0.5) is 5.13 Å². The van der Waals surface area contributed by atoms with Gasteiger partial charge in [-0.25, -0.2) is 4.98 Å². The highest BCUT2D eigenvalue weighted by Gasteiger charge is 2.25. The zero-order chi connectivity index (χ0) is 14.8. The minimum absolute atomic E-state index is 0.444. The summed E-state index contributed by atoms with van der Waals surface area (Å²) >= 11 is 3.28. The van der Waals surface area contributed by atoms with Crippen LogP contribution in [-0.2, 0) is 22.6 Å². The number of rotatable bonds is 1. The summed E-state index contributed by atoms with van der Waals surface area (Å²) < 4.78 is 0. The molecule has 3 heterocycles. The molecule has 6 nitrogen and oxygen atoms in total. The molecule has 2 amide bonds. The molecule has 1 N–H and O–H groups in total. The molecule has 21 heavy (non-hydrogen) atoms. The summed E-state index contributed by atoms with van der Waals surface area (Å²) in [4.78, 5) is 33.6. The SMILES string of the molecule is CN1CCc2nc(NC(=O)C(=O)N3CCSCC3)sc2C1. The molecule has 0 aromatic carbocycles. The van der Waals surface area contributed by atoms with E-state index in [1.165, 1.54) is 16.2 Å². The molecule has 1 saturated heterocycles. The fourth-order valence-corrected chi connectivity index (χ4v) is 4.42. The number of hydrogen-bond donors (Lipinski definition) is 1. The van der Waals surface area contributed by atoms with E-state index in [2.05, 4.69) is 22.2 Å². The number of fused-ring (bicyclic) bond motifs is 1. The Hall–Kier alpha value is -1.12. The van der Waals surface area contributed by atoms with Crippen LogP contribution in [0.2, 0.25) is 0 Å². The van der Waals surface area contributed by atoms with Crippen LogP contribution >= 0.6 is 23.1 Å². The topological polar surface area (TPSA) is 65.5 Å². The lowest BCUT2D eigenvalue weighted by Crippen LogP contribution is -2.44. The highest BCUT2D eigenvalue weighted by molar-refractivity contribution is 7.99. The number of thioether (sulfide) groups is 1. The number of likely N-dealkylation sites (N-methyl/N-ethyl adjacent to an activating group) is 1. The van der Waals surface area contributed by atoms with Crippen molar-refractivity contribution >= 4 is 40.0 Å². The lowest BCUT2D eigenvalue weighted by Gasteiger charge is -2.25. The summed E-state index contributed by atoms with van der Waals surface area (Å²) in [5, 5.41) is 3.20. The van der Waals surface area contributed by atoms with E-state index in [0.717, 1.165) is 36.7 Å². The summed E-state index contributed by atoms with van der Waals surface area (Å²) in [5.41, 5.74) is 1.05. The van der Waals surface area contributed by atoms with E-state index < -0.39 is 11.8 Å². The monoisotopic (exact) mass is 326 g/mol. The average Bonchev–Trinajstić information content (AvgIpc) is 2.88. The molecular weight excluding hydrogens is 308 g/mol. The molecule has 2 aliphatic heterocycles. The third kappa shape index (κ3) is 3.38. The van der Waals surface area contributed by atoms with Gasteiger partial charge in [0.1, 0.15) is 0 Å². The second-order valence-corrected chi connectivity index (χ2v) is 7.54. The van der Waals surface area contributed by atoms with Gasteiger partial charge in [-0.05, 0) is 7.05 Å². The molecule has 0 radical (unpaired) electrons. The minimum atomic E-state index is -0.568. The lowest BCUT2D eigenvalue weighted by atomic mass is 10.2. The summed E-state index contributed by atoms with van der Waals surface area (Å²) in [6.45, 7) is 3.14. The first kappa shape index (κ1) is 14.8. The number of carbonyl (C=O) groups excluding carboxylic acids is 2. The van der Waals surface area contributed by atoms with Gasteiger partial charge in [-0.1, -0.05) is 0 Å². The van der Waals surface area contributed by atoms with Crippen molar-refractivity contribution in [1.82, 2.24) is 14.8 Å². The van der Waals surface area contributed by atoms with Crippen molar-refractivity contribution in [2.24, 2.45) is 0 Å². The van der Waals surface area contributed by atoms with Gasteiger partial charge in [-0.2, -0.15) is 11.8 Å². The summed E-state index contributed by atoms with van der Waals surface area (Å²) in [6, 6.07) is 0. The van der Waals surface area contributed by atoms with Crippen LogP contribution in [0.15, 0.2) is 0 Å². The van der Waals surface area contributed by atoms with E-state index in [1.54, 1.807) is 4.90 Å². The standard InChI is InChI=1S/C13H18N4O2S2/c1-16-3-2-9-10(8-16)21-13(14-9)15-11(18)12(19)17-4-6-20-7-5-17/h2-8H2,1H3,(H,14,15,18). The maximum absolute atomic E-state index is 12.1. The third-order valence-electron chi connectivity index (χ3n) is 3.64. The van der Waals surface area contributed by atoms with Crippen LogP contribution in [-0.4, -0.2) is 64.8 Å². The van der Waals surface area contributed by atoms with Crippen LogP contribution in [0, 0.1) is 0 Å². The molecule has 0 spiro atoms. The molecule has 114 valence electrons. The maximum atomic E-state index is 12.1. The molecule has 3 rings (SSSR count). The highest BCUT2D eigenvalue weighted by Crippen LogP contribution is 2.27. The van der Waals surface area contributed by atoms with Gasteiger partial charge in [-0.3, -0.25) is 14.9 Å². The molecule has 1 aromatic rings. The van der Waals surface area contributed by atoms with Gasteiger partial charge in [0.15, 0.2) is 5.13 Å². The van der Waals surface area contributed by atoms with E-state index in [-0.39, 0.29) is 0 Å². The predicted molar refractivity (Wildman–Crippen MR) is 84.7 cm³/mol. The van der Waals surface area contributed by atoms with Gasteiger partial charge < -0.3 is 9.80 Å². The Labute approximate surface area is 131 Å². The van der Waals surface area contributed by atoms with Gasteiger partial charge in [0, 0.05) is 49.0 Å². The van der Waals surface area contributed by atoms with E-state index >= 15 is 0 Å². The number of amides is 2. The van der Waals surface area contributed by atoms with Crippen LogP contribution in [0.1, 0.15) is 10.6 Å². The Morgan fingerprint density at radius 1 is 1.24 bits per heavy atom. The predicted octanol–water partition coefficient (Wildman–Crippen LogP) is 0.645. The van der Waals surface area contributed by atoms with E-state index in [9.17, 15) is 9.59 Å². The zero-order valence-corrected chi connectivity index (χ0v) is 13.6. The summed E-state index contributed by atoms with van der Waals surface area (Å²) in [6.07, 6.45) is 0.898. The molecular formula is C13H18N4O2S2. The van der Waals surface area contributed by atoms with Crippen molar-refractivity contribution in [3.05, 3.63) is 10.6 Å². The van der Waals surface area contributed by atoms with E-state index in [4.69, 9.17) is 0 Å². The largest absolute Gasteiger partial charge is 0.333 e. The van der Waals surface area contributed by atoms with Crippen molar-refractivity contribution in [1.29, 1.82) is 0 Å². The number of anilines is 1. The number of nitrogens with zero attached hydrogens (tertiary/aromatic N) is 3. The number of nitrogens with one attached hydrogen (secondary N) is 1. The molecule has 0 unspecified atom stereocenters. The Morgan fingerprint density at radius 3 is 2.76 bits per heavy atom. The molecule has 0 aliphatic carbocycles. The van der Waals surface area contributed by atoms with E-state index in [1.807, 2.05) is 11.8 Å². The number of carbonyl (C=O) groups is 2. The van der Waals surface area contributed by atoms with Crippen molar-refractivity contribution in [2.75, 3.05) is 43.5 Å². The first-order valence-corrected chi connectivity index (χ1v) is 8.96. The van der Waals surface area contributed by atoms with Crippen LogP contribution in [0.25, 0.3) is 0 Å². The number of hydrogen-bond acceptors (Lipinski definition) is 6. The van der Waals surface area contributed by atoms with Crippen molar-refractivity contribution < 1.29 is 9.59 Å². The molecule has 2 aliphatic rings. The third-order valence-corrected chi connectivity index (χ3v) is 5.58. The van der Waals surface area contributed by atoms with Crippen molar-refractivity contribution in [3.63, 3.8) is 0 Å². The Morgan fingerprint density at radius 2 is 2.00 bits per heavy atom. The molecule has 0 atom stereocenters. The summed E-state index contributed by atoms with van der Waals surface area (Å²) in [5.74, 6) is 0.787. The highest BCUT2D eigenvalue weighted by atomic mass is 32.2. The van der Waals surface area contributed by atoms with Gasteiger partial charge >= 0.3 is 11.8 Å². The normalized spacial score (nSPS) is 19.2. The zero-order valence-electron chi connectivity index (χ0n) is 11.9. The molecule has 8 heteroatoms. The average molecular weight is 326 g/mol. The quantitative estimate of drug-likeness (QED) is 0.768. The van der Waals surface area contributed by atoms with Crippen molar-refractivity contribution in [2.45, 2.75) is 13.0 Å². The van der Waals surface area contributed by atoms with E-state index in [0.29, 0.717) is 18.2 Å². The molecule has 1 fully saturated rings. The van der Waals surface area contributed by atoms with Crippen LogP contribution in [0.3, 0.4) is 0 Å².